The van der Waals surface area contributed by atoms with E-state index in [1.165, 1.54) is 11.1 Å². The van der Waals surface area contributed by atoms with E-state index >= 15 is 0 Å². The Morgan fingerprint density at radius 3 is 2.52 bits per heavy atom. The first-order chi connectivity index (χ1) is 11.9. The van der Waals surface area contributed by atoms with Crippen LogP contribution in [0, 0.1) is 6.92 Å². The normalized spacial score (nSPS) is 12.7. The fraction of sp³-hybridized carbons (Fsp3) is 0.526. The van der Waals surface area contributed by atoms with Crippen molar-refractivity contribution in [1.82, 2.24) is 5.32 Å². The van der Waals surface area contributed by atoms with E-state index in [1.54, 1.807) is 6.92 Å². The minimum Gasteiger partial charge on any atom is -0.480 e. The average Bonchev–Trinajstić information content (AvgIpc) is 2.56. The molecule has 0 aliphatic heterocycles. The maximum Gasteiger partial charge on any atom is 0.320 e. The number of rotatable bonds is 10. The topological polar surface area (TPSA) is 105 Å². The largest absolute Gasteiger partial charge is 0.480 e. The summed E-state index contributed by atoms with van der Waals surface area (Å²) in [6.45, 7) is 4.38. The van der Waals surface area contributed by atoms with Crippen molar-refractivity contribution in [2.24, 2.45) is 10.7 Å². The van der Waals surface area contributed by atoms with Crippen LogP contribution in [0.3, 0.4) is 0 Å². The summed E-state index contributed by atoms with van der Waals surface area (Å²) >= 11 is 0. The maximum absolute atomic E-state index is 11.9. The lowest BCUT2D eigenvalue weighted by Gasteiger charge is -2.06. The van der Waals surface area contributed by atoms with Crippen molar-refractivity contribution in [2.45, 2.75) is 58.4 Å². The molecule has 6 nitrogen and oxygen atoms in total. The van der Waals surface area contributed by atoms with Crippen LogP contribution in [0.15, 0.2) is 29.3 Å². The smallest absolute Gasteiger partial charge is 0.320 e. The Balaban J connectivity index is 2.15. The van der Waals surface area contributed by atoms with Gasteiger partial charge in [0.05, 0.1) is 5.84 Å². The van der Waals surface area contributed by atoms with Crippen molar-refractivity contribution in [3.05, 3.63) is 35.4 Å². The molecule has 0 aliphatic rings. The zero-order valence-electron chi connectivity index (χ0n) is 15.1. The number of carbonyl (C=O) groups is 2. The van der Waals surface area contributed by atoms with Crippen molar-refractivity contribution in [1.29, 1.82) is 0 Å². The third-order valence-corrected chi connectivity index (χ3v) is 3.90. The maximum atomic E-state index is 11.9. The molecule has 1 atom stereocenters. The van der Waals surface area contributed by atoms with Gasteiger partial charge in [-0.1, -0.05) is 29.8 Å². The highest BCUT2D eigenvalue weighted by molar-refractivity contribution is 5.96. The summed E-state index contributed by atoms with van der Waals surface area (Å²) in [6, 6.07) is 7.54. The standard InChI is InChI=1S/C19H29N3O3/c1-14-9-11-16(12-10-14)6-5-8-18(23)22-15(2)21-13-4-3-7-17(20)19(24)25/h9-12,17H,3-8,13,20H2,1-2H3,(H,24,25)(H,21,22,23). The van der Waals surface area contributed by atoms with Gasteiger partial charge in [-0.2, -0.15) is 0 Å². The lowest BCUT2D eigenvalue weighted by Crippen LogP contribution is -2.30. The number of carboxylic acid groups (broad SMARTS) is 1. The molecular weight excluding hydrogens is 318 g/mol. The Morgan fingerprint density at radius 2 is 1.88 bits per heavy atom. The molecule has 1 aromatic rings. The third-order valence-electron chi connectivity index (χ3n) is 3.90. The van der Waals surface area contributed by atoms with Crippen molar-refractivity contribution < 1.29 is 14.7 Å². The predicted octanol–water partition coefficient (Wildman–Crippen LogP) is 2.43. The first-order valence-corrected chi connectivity index (χ1v) is 8.73. The molecule has 138 valence electrons. The second-order valence-electron chi connectivity index (χ2n) is 6.29. The number of hydrogen-bond acceptors (Lipinski definition) is 4. The van der Waals surface area contributed by atoms with Crippen LogP contribution in [-0.2, 0) is 16.0 Å². The summed E-state index contributed by atoms with van der Waals surface area (Å²) in [7, 11) is 0. The lowest BCUT2D eigenvalue weighted by molar-refractivity contribution is -0.138. The highest BCUT2D eigenvalue weighted by Gasteiger charge is 2.09. The van der Waals surface area contributed by atoms with Crippen LogP contribution in [0.4, 0.5) is 0 Å². The van der Waals surface area contributed by atoms with E-state index in [0.29, 0.717) is 31.6 Å². The van der Waals surface area contributed by atoms with Crippen LogP contribution in [0.1, 0.15) is 50.2 Å². The van der Waals surface area contributed by atoms with Crippen LogP contribution >= 0.6 is 0 Å². The summed E-state index contributed by atoms with van der Waals surface area (Å²) in [4.78, 5) is 26.7. The number of benzene rings is 1. The minimum absolute atomic E-state index is 0.0266. The number of nitrogens with one attached hydrogen (secondary N) is 1. The van der Waals surface area contributed by atoms with E-state index in [4.69, 9.17) is 10.8 Å². The van der Waals surface area contributed by atoms with E-state index in [9.17, 15) is 9.59 Å². The van der Waals surface area contributed by atoms with Crippen LogP contribution in [-0.4, -0.2) is 35.4 Å². The predicted molar refractivity (Wildman–Crippen MR) is 99.7 cm³/mol. The van der Waals surface area contributed by atoms with E-state index in [2.05, 4.69) is 41.5 Å². The molecule has 0 fully saturated rings. The number of hydrogen-bond donors (Lipinski definition) is 3. The van der Waals surface area contributed by atoms with Crippen molar-refractivity contribution in [3.8, 4) is 0 Å². The molecule has 1 aromatic carbocycles. The Labute approximate surface area is 149 Å². The number of aryl methyl sites for hydroxylation is 2. The number of aliphatic carboxylic acids is 1. The highest BCUT2D eigenvalue weighted by atomic mass is 16.4. The van der Waals surface area contributed by atoms with Gasteiger partial charge >= 0.3 is 5.97 Å². The van der Waals surface area contributed by atoms with E-state index in [-0.39, 0.29) is 5.91 Å². The Bertz CT molecular complexity index is 582. The number of nitrogens with two attached hydrogens (primary N) is 1. The van der Waals surface area contributed by atoms with E-state index in [1.807, 2.05) is 0 Å². The molecule has 0 saturated heterocycles. The first kappa shape index (κ1) is 20.8. The van der Waals surface area contributed by atoms with Crippen molar-refractivity contribution >= 4 is 17.7 Å². The monoisotopic (exact) mass is 347 g/mol. The quantitative estimate of drug-likeness (QED) is 0.343. The zero-order valence-corrected chi connectivity index (χ0v) is 15.1. The summed E-state index contributed by atoms with van der Waals surface area (Å²) in [5, 5.41) is 11.5. The number of amidine groups is 1. The summed E-state index contributed by atoms with van der Waals surface area (Å²) in [6.07, 6.45) is 4.04. The Kier molecular flexibility index (Phi) is 9.47. The van der Waals surface area contributed by atoms with Gasteiger partial charge in [0, 0.05) is 13.0 Å². The van der Waals surface area contributed by atoms with Gasteiger partial charge in [0.2, 0.25) is 5.91 Å². The average molecular weight is 347 g/mol. The number of carbonyl (C=O) groups excluding carboxylic acids is 1. The van der Waals surface area contributed by atoms with E-state index < -0.39 is 12.0 Å². The van der Waals surface area contributed by atoms with Crippen LogP contribution in [0.2, 0.25) is 0 Å². The summed E-state index contributed by atoms with van der Waals surface area (Å²) in [5.41, 5.74) is 7.90. The van der Waals surface area contributed by atoms with Crippen LogP contribution in [0.25, 0.3) is 0 Å². The highest BCUT2D eigenvalue weighted by Crippen LogP contribution is 2.07. The Hall–Kier alpha value is -2.21. The molecule has 4 N–H and O–H groups in total. The molecule has 1 unspecified atom stereocenters. The minimum atomic E-state index is -0.974. The van der Waals surface area contributed by atoms with Gasteiger partial charge in [-0.3, -0.25) is 14.6 Å². The molecule has 25 heavy (non-hydrogen) atoms. The molecule has 0 aliphatic carbocycles. The molecule has 1 rings (SSSR count). The van der Waals surface area contributed by atoms with Gasteiger partial charge < -0.3 is 16.2 Å². The SMILES string of the molecule is C/C(=N\CCCCC(N)C(=O)O)NC(=O)CCCc1ccc(C)cc1. The lowest BCUT2D eigenvalue weighted by atomic mass is 10.1. The Morgan fingerprint density at radius 1 is 1.20 bits per heavy atom. The first-order valence-electron chi connectivity index (χ1n) is 8.73. The van der Waals surface area contributed by atoms with Gasteiger partial charge in [-0.25, -0.2) is 0 Å². The molecule has 0 aromatic heterocycles. The fourth-order valence-corrected chi connectivity index (χ4v) is 2.36. The third kappa shape index (κ3) is 9.62. The molecule has 0 bridgehead atoms. The molecule has 1 amide bonds. The molecular formula is C19H29N3O3. The second-order valence-corrected chi connectivity index (χ2v) is 6.29. The molecule has 0 heterocycles. The molecule has 0 radical (unpaired) electrons. The van der Waals surface area contributed by atoms with Gasteiger partial charge in [0.15, 0.2) is 0 Å². The van der Waals surface area contributed by atoms with Crippen LogP contribution in [0.5, 0.6) is 0 Å². The van der Waals surface area contributed by atoms with Crippen molar-refractivity contribution in [3.63, 3.8) is 0 Å². The second kappa shape index (κ2) is 11.4. The van der Waals surface area contributed by atoms with Gasteiger partial charge in [-0.15, -0.1) is 0 Å². The van der Waals surface area contributed by atoms with Gasteiger partial charge in [-0.05, 0) is 51.5 Å². The van der Waals surface area contributed by atoms with Gasteiger partial charge in [0.1, 0.15) is 6.04 Å². The molecule has 0 spiro atoms. The zero-order chi connectivity index (χ0) is 18.7. The number of amides is 1. The number of aliphatic imine (C=N–C) groups is 1. The summed E-state index contributed by atoms with van der Waals surface area (Å²) in [5.74, 6) is -0.401. The number of unbranched alkanes of at least 4 members (excludes halogenated alkanes) is 1. The van der Waals surface area contributed by atoms with E-state index in [0.717, 1.165) is 19.3 Å². The van der Waals surface area contributed by atoms with Crippen molar-refractivity contribution in [2.75, 3.05) is 6.54 Å². The molecule has 0 saturated carbocycles. The number of carboxylic acids is 1. The summed E-state index contributed by atoms with van der Waals surface area (Å²) < 4.78 is 0. The van der Waals surface area contributed by atoms with Crippen LogP contribution < -0.4 is 11.1 Å². The van der Waals surface area contributed by atoms with Gasteiger partial charge in [0.25, 0.3) is 0 Å². The molecule has 6 heteroatoms. The fourth-order valence-electron chi connectivity index (χ4n) is 2.36. The number of nitrogens with zero attached hydrogens (tertiary/aromatic N) is 1.